The number of rotatable bonds is 3. The van der Waals surface area contributed by atoms with Crippen molar-refractivity contribution in [3.8, 4) is 0 Å². The molecule has 15 heavy (non-hydrogen) atoms. The van der Waals surface area contributed by atoms with Gasteiger partial charge in [0.05, 0.1) is 23.3 Å². The second-order valence-electron chi connectivity index (χ2n) is 2.83. The van der Waals surface area contributed by atoms with Crippen molar-refractivity contribution in [3.05, 3.63) is 33.9 Å². The van der Waals surface area contributed by atoms with Crippen LogP contribution in [0.25, 0.3) is 0 Å². The lowest BCUT2D eigenvalue weighted by Crippen LogP contribution is -2.04. The van der Waals surface area contributed by atoms with Gasteiger partial charge < -0.3 is 4.74 Å². The van der Waals surface area contributed by atoms with Crippen LogP contribution in [0.1, 0.15) is 5.56 Å². The molecule has 1 rings (SSSR count). The van der Waals surface area contributed by atoms with E-state index >= 15 is 0 Å². The third-order valence-corrected chi connectivity index (χ3v) is 2.19. The Kier molecular flexibility index (Phi) is 3.68. The molecule has 0 aromatic heterocycles. The zero-order chi connectivity index (χ0) is 11.4. The highest BCUT2D eigenvalue weighted by Crippen LogP contribution is 2.23. The van der Waals surface area contributed by atoms with Crippen molar-refractivity contribution in [1.29, 1.82) is 0 Å². The molecule has 0 radical (unpaired) electrons. The molecule has 5 nitrogen and oxygen atoms in total. The SMILES string of the molecule is COC(=O)Cc1ccc(S)c([N+](=O)[O-])c1. The highest BCUT2D eigenvalue weighted by Gasteiger charge is 2.13. The lowest BCUT2D eigenvalue weighted by Gasteiger charge is -2.01. The smallest absolute Gasteiger partial charge is 0.309 e. The second kappa shape index (κ2) is 4.79. The van der Waals surface area contributed by atoms with Crippen molar-refractivity contribution in [2.75, 3.05) is 7.11 Å². The number of nitrogens with zero attached hydrogens (tertiary/aromatic N) is 1. The van der Waals surface area contributed by atoms with Crippen LogP contribution in [0, 0.1) is 10.1 Å². The minimum atomic E-state index is -0.539. The van der Waals surface area contributed by atoms with E-state index in [1.807, 2.05) is 0 Å². The van der Waals surface area contributed by atoms with E-state index in [-0.39, 0.29) is 17.0 Å². The summed E-state index contributed by atoms with van der Waals surface area (Å²) in [6.45, 7) is 0. The van der Waals surface area contributed by atoms with E-state index in [1.54, 1.807) is 6.07 Å². The fraction of sp³-hybridized carbons (Fsp3) is 0.222. The van der Waals surface area contributed by atoms with Gasteiger partial charge in [0.2, 0.25) is 0 Å². The van der Waals surface area contributed by atoms with Crippen molar-refractivity contribution >= 4 is 24.3 Å². The number of nitro benzene ring substituents is 1. The first-order valence-electron chi connectivity index (χ1n) is 4.07. The van der Waals surface area contributed by atoms with E-state index in [1.165, 1.54) is 19.2 Å². The molecule has 0 saturated carbocycles. The van der Waals surface area contributed by atoms with Gasteiger partial charge in [-0.05, 0) is 11.6 Å². The van der Waals surface area contributed by atoms with Crippen LogP contribution in [0.2, 0.25) is 0 Å². The molecule has 0 heterocycles. The average molecular weight is 227 g/mol. The minimum absolute atomic E-state index is 0.0192. The Morgan fingerprint density at radius 3 is 2.80 bits per heavy atom. The number of ether oxygens (including phenoxy) is 1. The summed E-state index contributed by atoms with van der Waals surface area (Å²) in [5.41, 5.74) is 0.422. The molecule has 0 aliphatic carbocycles. The Balaban J connectivity index is 2.97. The van der Waals surface area contributed by atoms with Crippen LogP contribution in [0.5, 0.6) is 0 Å². The van der Waals surface area contributed by atoms with Crippen molar-refractivity contribution < 1.29 is 14.5 Å². The molecule has 1 aromatic rings. The fourth-order valence-corrected chi connectivity index (χ4v) is 1.28. The highest BCUT2D eigenvalue weighted by atomic mass is 32.1. The third kappa shape index (κ3) is 2.95. The summed E-state index contributed by atoms with van der Waals surface area (Å²) in [6, 6.07) is 4.41. The van der Waals surface area contributed by atoms with Crippen LogP contribution in [-0.2, 0) is 16.0 Å². The number of hydrogen-bond acceptors (Lipinski definition) is 5. The van der Waals surface area contributed by atoms with E-state index < -0.39 is 10.9 Å². The molecule has 0 atom stereocenters. The van der Waals surface area contributed by atoms with Gasteiger partial charge >= 0.3 is 5.97 Å². The normalized spacial score (nSPS) is 9.73. The van der Waals surface area contributed by atoms with Crippen molar-refractivity contribution in [2.24, 2.45) is 0 Å². The topological polar surface area (TPSA) is 69.4 Å². The largest absolute Gasteiger partial charge is 0.469 e. The Hall–Kier alpha value is -1.56. The predicted molar refractivity (Wildman–Crippen MR) is 56.1 cm³/mol. The van der Waals surface area contributed by atoms with E-state index in [0.717, 1.165) is 0 Å². The Bertz CT molecular complexity index is 405. The van der Waals surface area contributed by atoms with Gasteiger partial charge in [-0.3, -0.25) is 14.9 Å². The molecule has 0 aliphatic heterocycles. The number of methoxy groups -OCH3 is 1. The molecule has 80 valence electrons. The summed E-state index contributed by atoms with van der Waals surface area (Å²) in [6.07, 6.45) is 0.0192. The second-order valence-corrected chi connectivity index (χ2v) is 3.31. The number of benzene rings is 1. The van der Waals surface area contributed by atoms with Gasteiger partial charge in [-0.25, -0.2) is 0 Å². The van der Waals surface area contributed by atoms with Crippen LogP contribution in [0.3, 0.4) is 0 Å². The van der Waals surface area contributed by atoms with Gasteiger partial charge in [-0.15, -0.1) is 12.6 Å². The maximum absolute atomic E-state index is 10.9. The van der Waals surface area contributed by atoms with Crippen LogP contribution >= 0.6 is 12.6 Å². The summed E-state index contributed by atoms with van der Waals surface area (Å²) >= 11 is 3.94. The summed E-state index contributed by atoms with van der Waals surface area (Å²) in [4.78, 5) is 21.2. The standard InChI is InChI=1S/C9H9NO4S/c1-14-9(11)5-6-2-3-8(15)7(4-6)10(12)13/h2-4,15H,5H2,1H3. The molecule has 0 unspecified atom stereocenters. The van der Waals surface area contributed by atoms with Gasteiger partial charge in [-0.1, -0.05) is 6.07 Å². The number of esters is 1. The van der Waals surface area contributed by atoms with Crippen molar-refractivity contribution in [3.63, 3.8) is 0 Å². The Morgan fingerprint density at radius 1 is 1.60 bits per heavy atom. The number of carbonyl (C=O) groups is 1. The fourth-order valence-electron chi connectivity index (χ4n) is 1.06. The Morgan fingerprint density at radius 2 is 2.27 bits per heavy atom. The number of nitro groups is 1. The minimum Gasteiger partial charge on any atom is -0.469 e. The number of carbonyl (C=O) groups excluding carboxylic acids is 1. The van der Waals surface area contributed by atoms with Gasteiger partial charge in [0.25, 0.3) is 5.69 Å². The molecule has 0 saturated heterocycles. The average Bonchev–Trinajstić information content (AvgIpc) is 2.20. The van der Waals surface area contributed by atoms with Crippen LogP contribution in [-0.4, -0.2) is 18.0 Å². The van der Waals surface area contributed by atoms with E-state index in [2.05, 4.69) is 17.4 Å². The monoisotopic (exact) mass is 227 g/mol. The van der Waals surface area contributed by atoms with E-state index in [0.29, 0.717) is 5.56 Å². The first-order chi connectivity index (χ1) is 7.04. The molecule has 0 N–H and O–H groups in total. The van der Waals surface area contributed by atoms with Crippen LogP contribution in [0.4, 0.5) is 5.69 Å². The zero-order valence-corrected chi connectivity index (χ0v) is 8.86. The zero-order valence-electron chi connectivity index (χ0n) is 7.97. The highest BCUT2D eigenvalue weighted by molar-refractivity contribution is 7.80. The first-order valence-corrected chi connectivity index (χ1v) is 4.52. The number of hydrogen-bond donors (Lipinski definition) is 1. The first kappa shape index (κ1) is 11.5. The molecule has 0 bridgehead atoms. The predicted octanol–water partition coefficient (Wildman–Crippen LogP) is 1.60. The molecule has 0 amide bonds. The molecule has 6 heteroatoms. The maximum Gasteiger partial charge on any atom is 0.309 e. The quantitative estimate of drug-likeness (QED) is 0.368. The van der Waals surface area contributed by atoms with Crippen molar-refractivity contribution in [2.45, 2.75) is 11.3 Å². The van der Waals surface area contributed by atoms with Gasteiger partial charge in [0.1, 0.15) is 0 Å². The summed E-state index contributed by atoms with van der Waals surface area (Å²) in [7, 11) is 1.27. The lowest BCUT2D eigenvalue weighted by atomic mass is 10.1. The van der Waals surface area contributed by atoms with Crippen molar-refractivity contribution in [1.82, 2.24) is 0 Å². The van der Waals surface area contributed by atoms with Crippen LogP contribution < -0.4 is 0 Å². The van der Waals surface area contributed by atoms with E-state index in [9.17, 15) is 14.9 Å². The maximum atomic E-state index is 10.9. The molecule has 0 aliphatic rings. The molecule has 1 aromatic carbocycles. The lowest BCUT2D eigenvalue weighted by molar-refractivity contribution is -0.387. The molecule has 0 spiro atoms. The van der Waals surface area contributed by atoms with Gasteiger partial charge in [0, 0.05) is 6.07 Å². The molecular formula is C9H9NO4S. The summed E-state index contributed by atoms with van der Waals surface area (Å²) in [5, 5.41) is 10.6. The van der Waals surface area contributed by atoms with Gasteiger partial charge in [-0.2, -0.15) is 0 Å². The number of thiol groups is 1. The van der Waals surface area contributed by atoms with Gasteiger partial charge in [0.15, 0.2) is 0 Å². The summed E-state index contributed by atoms with van der Waals surface area (Å²) in [5.74, 6) is -0.434. The molecular weight excluding hydrogens is 218 g/mol. The van der Waals surface area contributed by atoms with E-state index in [4.69, 9.17) is 0 Å². The summed E-state index contributed by atoms with van der Waals surface area (Å²) < 4.78 is 4.46. The van der Waals surface area contributed by atoms with Crippen LogP contribution in [0.15, 0.2) is 23.1 Å². The molecule has 0 fully saturated rings. The Labute approximate surface area is 91.6 Å². The third-order valence-electron chi connectivity index (χ3n) is 1.81.